The number of hydrogen-bond donors (Lipinski definition) is 2. The fourth-order valence-corrected chi connectivity index (χ4v) is 1.01. The van der Waals surface area contributed by atoms with Gasteiger partial charge in [-0.05, 0) is 18.9 Å². The maximum atomic E-state index is 7.73. The first kappa shape index (κ1) is 8.47. The molecule has 0 unspecified atom stereocenters. The molecule has 0 spiro atoms. The standard InChI is InChI=1S/C11H16N4/c1-9(12)15-11(13)14-8-7-10-5-3-2-4-6-10/h2-6H,7-8H2,1H3,(H4,12,13,14,15)/i8D2. The molecule has 15 heavy (non-hydrogen) atoms. The van der Waals surface area contributed by atoms with E-state index < -0.39 is 6.50 Å². The second-order valence-electron chi connectivity index (χ2n) is 3.04. The van der Waals surface area contributed by atoms with Crippen LogP contribution < -0.4 is 11.5 Å². The van der Waals surface area contributed by atoms with E-state index in [0.29, 0.717) is 0 Å². The third-order valence-electron chi connectivity index (χ3n) is 1.61. The van der Waals surface area contributed by atoms with Gasteiger partial charge in [-0.15, -0.1) is 0 Å². The highest BCUT2D eigenvalue weighted by Gasteiger charge is 1.91. The number of nitrogens with zero attached hydrogens (tertiary/aromatic N) is 2. The van der Waals surface area contributed by atoms with E-state index in [9.17, 15) is 0 Å². The number of aliphatic imine (C=N–C) groups is 2. The van der Waals surface area contributed by atoms with Crippen LogP contribution >= 0.6 is 0 Å². The Bertz CT molecular complexity index is 422. The summed E-state index contributed by atoms with van der Waals surface area (Å²) < 4.78 is 15.5. The molecule has 0 aliphatic heterocycles. The summed E-state index contributed by atoms with van der Waals surface area (Å²) in [6.07, 6.45) is 0.147. The summed E-state index contributed by atoms with van der Waals surface area (Å²) >= 11 is 0. The van der Waals surface area contributed by atoms with Crippen LogP contribution in [0.4, 0.5) is 0 Å². The molecule has 0 atom stereocenters. The number of hydrogen-bond acceptors (Lipinski definition) is 1. The topological polar surface area (TPSA) is 76.8 Å². The second kappa shape index (κ2) is 5.80. The Morgan fingerprint density at radius 2 is 2.00 bits per heavy atom. The zero-order valence-electron chi connectivity index (χ0n) is 10.6. The molecule has 0 bridgehead atoms. The van der Waals surface area contributed by atoms with E-state index in [-0.39, 0.29) is 18.2 Å². The highest BCUT2D eigenvalue weighted by Crippen LogP contribution is 1.99. The van der Waals surface area contributed by atoms with Crippen molar-refractivity contribution in [1.82, 2.24) is 0 Å². The van der Waals surface area contributed by atoms with Gasteiger partial charge in [-0.2, -0.15) is 0 Å². The summed E-state index contributed by atoms with van der Waals surface area (Å²) in [6, 6.07) is 9.24. The lowest BCUT2D eigenvalue weighted by Gasteiger charge is -1.97. The van der Waals surface area contributed by atoms with Gasteiger partial charge in [0.25, 0.3) is 0 Å². The summed E-state index contributed by atoms with van der Waals surface area (Å²) in [5.74, 6) is 0.104. The zero-order chi connectivity index (χ0) is 12.9. The molecule has 80 valence electrons. The Morgan fingerprint density at radius 3 is 2.60 bits per heavy atom. The van der Waals surface area contributed by atoms with Crippen molar-refractivity contribution in [3.63, 3.8) is 0 Å². The number of amidine groups is 1. The van der Waals surface area contributed by atoms with Crippen LogP contribution in [-0.4, -0.2) is 18.3 Å². The fourth-order valence-electron chi connectivity index (χ4n) is 1.01. The maximum absolute atomic E-state index is 7.73. The Hall–Kier alpha value is -1.84. The minimum absolute atomic E-state index is 0.147. The quantitative estimate of drug-likeness (QED) is 0.570. The van der Waals surface area contributed by atoms with Crippen LogP contribution in [0.3, 0.4) is 0 Å². The van der Waals surface area contributed by atoms with Gasteiger partial charge in [0.15, 0.2) is 0 Å². The van der Waals surface area contributed by atoms with E-state index in [1.165, 1.54) is 0 Å². The van der Waals surface area contributed by atoms with Crippen molar-refractivity contribution in [2.24, 2.45) is 21.5 Å². The minimum atomic E-state index is -1.79. The fraction of sp³-hybridized carbons (Fsp3) is 0.273. The summed E-state index contributed by atoms with van der Waals surface area (Å²) in [6.45, 7) is -0.223. The average molecular weight is 206 g/mol. The van der Waals surface area contributed by atoms with Gasteiger partial charge in [-0.1, -0.05) is 30.3 Å². The molecule has 0 fully saturated rings. The zero-order valence-corrected chi connectivity index (χ0v) is 8.64. The predicted octanol–water partition coefficient (Wildman–Crippen LogP) is 0.921. The number of nitrogens with two attached hydrogens (primary N) is 2. The first-order valence-electron chi connectivity index (χ1n) is 5.59. The van der Waals surface area contributed by atoms with Crippen molar-refractivity contribution in [1.29, 1.82) is 0 Å². The third kappa shape index (κ3) is 4.81. The number of guanidine groups is 1. The molecule has 0 radical (unpaired) electrons. The van der Waals surface area contributed by atoms with Crippen LogP contribution in [0, 0.1) is 0 Å². The molecular weight excluding hydrogens is 188 g/mol. The summed E-state index contributed by atoms with van der Waals surface area (Å²) in [5.41, 5.74) is 11.6. The largest absolute Gasteiger partial charge is 0.387 e. The van der Waals surface area contributed by atoms with Crippen molar-refractivity contribution in [3.8, 4) is 0 Å². The van der Waals surface area contributed by atoms with E-state index in [1.54, 1.807) is 6.92 Å². The van der Waals surface area contributed by atoms with Gasteiger partial charge < -0.3 is 11.5 Å². The SMILES string of the molecule is [2H]C([2H])(Cc1ccccc1)N=C(N)N=C(C)N. The van der Waals surface area contributed by atoms with Crippen molar-refractivity contribution >= 4 is 11.8 Å². The summed E-state index contributed by atoms with van der Waals surface area (Å²) in [4.78, 5) is 7.39. The van der Waals surface area contributed by atoms with Gasteiger partial charge in [-0.25, -0.2) is 4.99 Å². The van der Waals surface area contributed by atoms with Gasteiger partial charge in [-0.3, -0.25) is 4.99 Å². The first-order valence-corrected chi connectivity index (χ1v) is 4.59. The normalized spacial score (nSPS) is 15.8. The second-order valence-corrected chi connectivity index (χ2v) is 3.04. The van der Waals surface area contributed by atoms with E-state index in [4.69, 9.17) is 14.2 Å². The Kier molecular flexibility index (Phi) is 3.27. The van der Waals surface area contributed by atoms with Gasteiger partial charge >= 0.3 is 0 Å². The number of benzene rings is 1. The molecule has 4 heteroatoms. The van der Waals surface area contributed by atoms with Gasteiger partial charge in [0.2, 0.25) is 5.96 Å². The molecule has 0 heterocycles. The highest BCUT2D eigenvalue weighted by atomic mass is 15.1. The van der Waals surface area contributed by atoms with Crippen LogP contribution in [-0.2, 0) is 6.42 Å². The molecule has 1 aromatic carbocycles. The predicted molar refractivity (Wildman–Crippen MR) is 63.9 cm³/mol. The third-order valence-corrected chi connectivity index (χ3v) is 1.61. The first-order chi connectivity index (χ1) is 7.89. The van der Waals surface area contributed by atoms with Crippen molar-refractivity contribution in [3.05, 3.63) is 35.9 Å². The van der Waals surface area contributed by atoms with Crippen molar-refractivity contribution < 1.29 is 2.74 Å². The molecular formula is C11H16N4. The smallest absolute Gasteiger partial charge is 0.216 e. The van der Waals surface area contributed by atoms with Crippen LogP contribution in [0.15, 0.2) is 40.3 Å². The van der Waals surface area contributed by atoms with E-state index in [2.05, 4.69) is 9.98 Å². The monoisotopic (exact) mass is 206 g/mol. The van der Waals surface area contributed by atoms with Gasteiger partial charge in [0.1, 0.15) is 0 Å². The van der Waals surface area contributed by atoms with Crippen molar-refractivity contribution in [2.45, 2.75) is 13.3 Å². The molecule has 4 nitrogen and oxygen atoms in total. The van der Waals surface area contributed by atoms with E-state index >= 15 is 0 Å². The molecule has 0 aromatic heterocycles. The molecule has 0 aliphatic carbocycles. The van der Waals surface area contributed by atoms with Crippen LogP contribution in [0.25, 0.3) is 0 Å². The van der Waals surface area contributed by atoms with E-state index in [1.807, 2.05) is 30.3 Å². The Labute approximate surface area is 92.5 Å². The lowest BCUT2D eigenvalue weighted by molar-refractivity contribution is 0.962. The van der Waals surface area contributed by atoms with Crippen LogP contribution in [0.1, 0.15) is 15.2 Å². The van der Waals surface area contributed by atoms with E-state index in [0.717, 1.165) is 5.56 Å². The average Bonchev–Trinajstić information content (AvgIpc) is 2.15. The van der Waals surface area contributed by atoms with Gasteiger partial charge in [0, 0.05) is 6.50 Å². The van der Waals surface area contributed by atoms with Crippen molar-refractivity contribution in [2.75, 3.05) is 6.50 Å². The maximum Gasteiger partial charge on any atom is 0.216 e. The lowest BCUT2D eigenvalue weighted by atomic mass is 10.2. The minimum Gasteiger partial charge on any atom is -0.387 e. The highest BCUT2D eigenvalue weighted by molar-refractivity contribution is 5.93. The molecule has 4 N–H and O–H groups in total. The van der Waals surface area contributed by atoms with Crippen LogP contribution in [0.5, 0.6) is 0 Å². The Morgan fingerprint density at radius 1 is 1.33 bits per heavy atom. The molecule has 0 aliphatic rings. The number of aryl methyl sites for hydroxylation is 1. The lowest BCUT2D eigenvalue weighted by Crippen LogP contribution is -2.16. The van der Waals surface area contributed by atoms with Gasteiger partial charge in [0.05, 0.1) is 8.58 Å². The van der Waals surface area contributed by atoms with Crippen LogP contribution in [0.2, 0.25) is 0 Å². The molecule has 1 rings (SSSR count). The molecule has 0 amide bonds. The summed E-state index contributed by atoms with van der Waals surface area (Å²) in [7, 11) is 0. The molecule has 0 saturated heterocycles. The summed E-state index contributed by atoms with van der Waals surface area (Å²) in [5, 5.41) is 0. The Balaban J connectivity index is 2.79. The number of rotatable bonds is 3. The molecule has 0 saturated carbocycles. The molecule has 1 aromatic rings.